The molecule has 0 N–H and O–H groups in total. The van der Waals surface area contributed by atoms with Crippen LogP contribution in [0.25, 0.3) is 4.96 Å². The van der Waals surface area contributed by atoms with Gasteiger partial charge in [0.25, 0.3) is 0 Å². The van der Waals surface area contributed by atoms with E-state index in [1.165, 1.54) is 23.3 Å². The van der Waals surface area contributed by atoms with Crippen LogP contribution in [0.5, 0.6) is 0 Å². The van der Waals surface area contributed by atoms with E-state index in [2.05, 4.69) is 9.72 Å². The van der Waals surface area contributed by atoms with Gasteiger partial charge in [-0.15, -0.1) is 11.3 Å². The van der Waals surface area contributed by atoms with E-state index in [1.807, 2.05) is 22.2 Å². The molecular weight excluding hydrogens is 266 g/mol. The average molecular weight is 281 g/mol. The summed E-state index contributed by atoms with van der Waals surface area (Å²) in [6.45, 7) is 0.355. The first-order valence-corrected chi connectivity index (χ1v) is 6.70. The number of aromatic nitrogens is 2. The Hall–Kier alpha value is -1.89. The van der Waals surface area contributed by atoms with Gasteiger partial charge in [-0.05, 0) is 0 Å². The summed E-state index contributed by atoms with van der Waals surface area (Å²) in [6, 6.07) is 0. The van der Waals surface area contributed by atoms with Gasteiger partial charge in [0, 0.05) is 31.4 Å². The molecule has 2 heterocycles. The lowest BCUT2D eigenvalue weighted by Crippen LogP contribution is -2.30. The van der Waals surface area contributed by atoms with E-state index in [0.29, 0.717) is 6.54 Å². The van der Waals surface area contributed by atoms with Crippen molar-refractivity contribution in [2.24, 2.45) is 0 Å². The molecule has 0 aromatic carbocycles. The third-order valence-corrected chi connectivity index (χ3v) is 3.55. The van der Waals surface area contributed by atoms with Crippen LogP contribution in [0.15, 0.2) is 17.8 Å². The molecule has 0 bridgehead atoms. The molecule has 102 valence electrons. The molecule has 0 radical (unpaired) electrons. The lowest BCUT2D eigenvalue weighted by atomic mass is 10.3. The van der Waals surface area contributed by atoms with Gasteiger partial charge in [0.05, 0.1) is 25.6 Å². The Labute approximate surface area is 114 Å². The summed E-state index contributed by atoms with van der Waals surface area (Å²) in [7, 11) is 3.01. The van der Waals surface area contributed by atoms with E-state index in [9.17, 15) is 9.59 Å². The van der Waals surface area contributed by atoms with Crippen LogP contribution in [0, 0.1) is 0 Å². The number of ether oxygens (including phenoxy) is 1. The Morgan fingerprint density at radius 3 is 3.00 bits per heavy atom. The minimum absolute atomic E-state index is 0.0605. The van der Waals surface area contributed by atoms with E-state index in [1.54, 1.807) is 7.05 Å². The molecule has 2 aromatic heterocycles. The van der Waals surface area contributed by atoms with Crippen LogP contribution >= 0.6 is 11.3 Å². The van der Waals surface area contributed by atoms with Gasteiger partial charge in [0.1, 0.15) is 0 Å². The molecule has 0 aliphatic rings. The van der Waals surface area contributed by atoms with Gasteiger partial charge in [-0.2, -0.15) is 0 Å². The van der Waals surface area contributed by atoms with E-state index in [0.717, 1.165) is 10.7 Å². The van der Waals surface area contributed by atoms with E-state index in [-0.39, 0.29) is 24.7 Å². The third kappa shape index (κ3) is 3.31. The van der Waals surface area contributed by atoms with E-state index >= 15 is 0 Å². The first kappa shape index (κ1) is 13.5. The fourth-order valence-electron chi connectivity index (χ4n) is 1.64. The summed E-state index contributed by atoms with van der Waals surface area (Å²) in [5.74, 6) is -0.378. The maximum absolute atomic E-state index is 11.9. The Morgan fingerprint density at radius 1 is 1.53 bits per heavy atom. The molecular formula is C12H15N3O3S. The second kappa shape index (κ2) is 5.83. The highest BCUT2D eigenvalue weighted by atomic mass is 32.1. The molecule has 1 amide bonds. The van der Waals surface area contributed by atoms with Crippen molar-refractivity contribution in [1.82, 2.24) is 14.3 Å². The maximum Gasteiger partial charge on any atom is 0.307 e. The van der Waals surface area contributed by atoms with Crippen molar-refractivity contribution in [3.05, 3.63) is 23.5 Å². The van der Waals surface area contributed by atoms with Crippen LogP contribution < -0.4 is 0 Å². The number of imidazole rings is 1. The molecule has 0 fully saturated rings. The van der Waals surface area contributed by atoms with Crippen molar-refractivity contribution in [3.8, 4) is 0 Å². The van der Waals surface area contributed by atoms with Gasteiger partial charge in [-0.25, -0.2) is 4.98 Å². The molecule has 6 nitrogen and oxygen atoms in total. The summed E-state index contributed by atoms with van der Waals surface area (Å²) in [4.78, 5) is 29.7. The number of carbonyl (C=O) groups is 2. The molecule has 0 saturated carbocycles. The number of methoxy groups -OCH3 is 1. The Kier molecular flexibility index (Phi) is 4.16. The second-order valence-corrected chi connectivity index (χ2v) is 5.02. The van der Waals surface area contributed by atoms with Crippen molar-refractivity contribution in [2.75, 3.05) is 20.7 Å². The molecule has 7 heteroatoms. The molecule has 19 heavy (non-hydrogen) atoms. The summed E-state index contributed by atoms with van der Waals surface area (Å²) < 4.78 is 6.43. The first-order chi connectivity index (χ1) is 9.10. The normalized spacial score (nSPS) is 10.6. The largest absolute Gasteiger partial charge is 0.469 e. The van der Waals surface area contributed by atoms with Crippen molar-refractivity contribution in [3.63, 3.8) is 0 Å². The highest BCUT2D eigenvalue weighted by Crippen LogP contribution is 2.12. The molecule has 0 aliphatic heterocycles. The van der Waals surface area contributed by atoms with Crippen molar-refractivity contribution in [2.45, 2.75) is 12.8 Å². The highest BCUT2D eigenvalue weighted by molar-refractivity contribution is 7.15. The lowest BCUT2D eigenvalue weighted by molar-refractivity contribution is -0.141. The lowest BCUT2D eigenvalue weighted by Gasteiger charge is -2.15. The summed E-state index contributed by atoms with van der Waals surface area (Å²) in [5, 5.41) is 1.94. The number of carbonyl (C=O) groups excluding carboxylic acids is 2. The van der Waals surface area contributed by atoms with Gasteiger partial charge in [-0.3, -0.25) is 14.0 Å². The van der Waals surface area contributed by atoms with Crippen LogP contribution in [0.4, 0.5) is 0 Å². The van der Waals surface area contributed by atoms with Crippen LogP contribution in [0.2, 0.25) is 0 Å². The predicted molar refractivity (Wildman–Crippen MR) is 71.0 cm³/mol. The zero-order valence-electron chi connectivity index (χ0n) is 10.8. The van der Waals surface area contributed by atoms with Crippen LogP contribution in [0.3, 0.4) is 0 Å². The van der Waals surface area contributed by atoms with Crippen LogP contribution in [-0.4, -0.2) is 46.9 Å². The number of hydrogen-bond acceptors (Lipinski definition) is 5. The van der Waals surface area contributed by atoms with Crippen LogP contribution in [0.1, 0.15) is 12.1 Å². The van der Waals surface area contributed by atoms with Crippen molar-refractivity contribution < 1.29 is 14.3 Å². The maximum atomic E-state index is 11.9. The number of fused-ring (bicyclic) bond motifs is 1. The average Bonchev–Trinajstić information content (AvgIpc) is 2.95. The minimum Gasteiger partial charge on any atom is -0.469 e. The number of nitrogens with zero attached hydrogens (tertiary/aromatic N) is 3. The number of thiazole rings is 1. The van der Waals surface area contributed by atoms with Gasteiger partial charge in [-0.1, -0.05) is 0 Å². The molecule has 0 unspecified atom stereocenters. The minimum atomic E-state index is -0.317. The van der Waals surface area contributed by atoms with Crippen molar-refractivity contribution in [1.29, 1.82) is 0 Å². The summed E-state index contributed by atoms with van der Waals surface area (Å²) in [5.41, 5.74) is 0.738. The summed E-state index contributed by atoms with van der Waals surface area (Å²) >= 11 is 1.53. The molecule has 0 aliphatic carbocycles. The Balaban J connectivity index is 1.89. The third-order valence-electron chi connectivity index (χ3n) is 2.78. The molecule has 2 aromatic rings. The molecule has 0 atom stereocenters. The van der Waals surface area contributed by atoms with Crippen LogP contribution in [-0.2, 0) is 20.7 Å². The van der Waals surface area contributed by atoms with Crippen molar-refractivity contribution >= 4 is 28.2 Å². The second-order valence-electron chi connectivity index (χ2n) is 4.14. The predicted octanol–water partition coefficient (Wildman–Crippen LogP) is 0.960. The van der Waals surface area contributed by atoms with E-state index in [4.69, 9.17) is 0 Å². The number of hydrogen-bond donors (Lipinski definition) is 0. The Morgan fingerprint density at radius 2 is 2.32 bits per heavy atom. The zero-order chi connectivity index (χ0) is 13.8. The first-order valence-electron chi connectivity index (χ1n) is 5.82. The van der Waals surface area contributed by atoms with Gasteiger partial charge < -0.3 is 9.64 Å². The molecule has 0 spiro atoms. The fraction of sp³-hybridized carbons (Fsp3) is 0.417. The number of esters is 1. The van der Waals surface area contributed by atoms with Gasteiger partial charge >= 0.3 is 5.97 Å². The highest BCUT2D eigenvalue weighted by Gasteiger charge is 2.13. The fourth-order valence-corrected chi connectivity index (χ4v) is 2.36. The van der Waals surface area contributed by atoms with E-state index < -0.39 is 0 Å². The van der Waals surface area contributed by atoms with Gasteiger partial charge in [0.2, 0.25) is 5.91 Å². The van der Waals surface area contributed by atoms with Gasteiger partial charge in [0.15, 0.2) is 4.96 Å². The standard InChI is InChI=1S/C12H15N3O3S/c1-14(4-3-11(17)18-2)10(16)7-9-8-15-5-6-19-12(15)13-9/h5-6,8H,3-4,7H2,1-2H3. The number of likely N-dealkylation sites (N-methyl/N-ethyl adjacent to an activating group) is 1. The number of rotatable bonds is 5. The Bertz CT molecular complexity index is 561. The summed E-state index contributed by atoms with van der Waals surface area (Å²) in [6.07, 6.45) is 4.20. The zero-order valence-corrected chi connectivity index (χ0v) is 11.6. The molecule has 0 saturated heterocycles. The monoisotopic (exact) mass is 281 g/mol. The molecule has 2 rings (SSSR count). The topological polar surface area (TPSA) is 63.9 Å². The SMILES string of the molecule is COC(=O)CCN(C)C(=O)Cc1cn2ccsc2n1. The number of amides is 1. The quantitative estimate of drug-likeness (QED) is 0.766. The smallest absolute Gasteiger partial charge is 0.307 e.